The van der Waals surface area contributed by atoms with Gasteiger partial charge in [0, 0.05) is 13.2 Å². The number of carbonyl (C=O) groups is 1. The molecule has 0 aromatic carbocycles. The van der Waals surface area contributed by atoms with Crippen LogP contribution in [0, 0.1) is 0 Å². The number of amides is 1. The van der Waals surface area contributed by atoms with E-state index in [0.29, 0.717) is 0 Å². The molecule has 0 aliphatic heterocycles. The molecule has 0 spiro atoms. The third kappa shape index (κ3) is 2.58. The highest BCUT2D eigenvalue weighted by molar-refractivity contribution is 5.75. The lowest BCUT2D eigenvalue weighted by Crippen LogP contribution is -2.23. The highest BCUT2D eigenvalue weighted by atomic mass is 16.1. The zero-order valence-electron chi connectivity index (χ0n) is 9.16. The zero-order chi connectivity index (χ0) is 10.8. The average Bonchev–Trinajstić information content (AvgIpc) is 2.51. The van der Waals surface area contributed by atoms with Gasteiger partial charge in [0.25, 0.3) is 0 Å². The van der Waals surface area contributed by atoms with Gasteiger partial charge in [-0.25, -0.2) is 0 Å². The van der Waals surface area contributed by atoms with Gasteiger partial charge in [-0.2, -0.15) is 5.10 Å². The molecule has 1 heterocycles. The maximum absolute atomic E-state index is 11.1. The summed E-state index contributed by atoms with van der Waals surface area (Å²) < 4.78 is 1.65. The molecule has 1 aromatic rings. The van der Waals surface area contributed by atoms with Crippen LogP contribution in [-0.4, -0.2) is 22.7 Å². The average molecular weight is 195 g/mol. The number of aromatic nitrogens is 2. The van der Waals surface area contributed by atoms with Gasteiger partial charge in [-0.15, -0.1) is 0 Å². The number of hydrogen-bond acceptors (Lipinski definition) is 2. The molecule has 4 heteroatoms. The van der Waals surface area contributed by atoms with Crippen LogP contribution in [0.1, 0.15) is 26.3 Å². The lowest BCUT2D eigenvalue weighted by Gasteiger charge is -2.14. The van der Waals surface area contributed by atoms with Crippen LogP contribution in [0.3, 0.4) is 0 Å². The van der Waals surface area contributed by atoms with Crippen LogP contribution in [-0.2, 0) is 16.8 Å². The molecule has 0 radical (unpaired) electrons. The Labute approximate surface area is 84.3 Å². The van der Waals surface area contributed by atoms with Crippen LogP contribution >= 0.6 is 0 Å². The molecule has 78 valence electrons. The molecule has 0 aliphatic carbocycles. The smallest absolute Gasteiger partial charge is 0.241 e. The van der Waals surface area contributed by atoms with Gasteiger partial charge in [-0.1, -0.05) is 20.8 Å². The first kappa shape index (κ1) is 10.8. The number of likely N-dealkylation sites (N-methyl/N-ethyl adjacent to an activating group) is 1. The Morgan fingerprint density at radius 3 is 2.64 bits per heavy atom. The Morgan fingerprint density at radius 2 is 2.21 bits per heavy atom. The molecular formula is C10H17N3O. The van der Waals surface area contributed by atoms with Crippen molar-refractivity contribution in [3.63, 3.8) is 0 Å². The summed E-state index contributed by atoms with van der Waals surface area (Å²) in [6.45, 7) is 6.64. The van der Waals surface area contributed by atoms with Gasteiger partial charge >= 0.3 is 0 Å². The van der Waals surface area contributed by atoms with E-state index < -0.39 is 0 Å². The molecule has 14 heavy (non-hydrogen) atoms. The summed E-state index contributed by atoms with van der Waals surface area (Å²) >= 11 is 0. The summed E-state index contributed by atoms with van der Waals surface area (Å²) in [6.07, 6.45) is 3.72. The number of nitrogens with zero attached hydrogens (tertiary/aromatic N) is 2. The van der Waals surface area contributed by atoms with E-state index in [1.807, 2.05) is 12.4 Å². The summed E-state index contributed by atoms with van der Waals surface area (Å²) in [6, 6.07) is 0. The van der Waals surface area contributed by atoms with E-state index in [1.54, 1.807) is 11.7 Å². The SMILES string of the molecule is CNC(=O)Cn1cc(C(C)(C)C)cn1. The molecule has 1 aromatic heterocycles. The minimum atomic E-state index is -0.0337. The summed E-state index contributed by atoms with van der Waals surface area (Å²) in [7, 11) is 1.62. The highest BCUT2D eigenvalue weighted by Gasteiger charge is 2.15. The number of hydrogen-bond donors (Lipinski definition) is 1. The second-order valence-corrected chi connectivity index (χ2v) is 4.35. The summed E-state index contributed by atoms with van der Waals surface area (Å²) in [5.41, 5.74) is 1.22. The Morgan fingerprint density at radius 1 is 1.57 bits per heavy atom. The van der Waals surface area contributed by atoms with E-state index >= 15 is 0 Å². The summed E-state index contributed by atoms with van der Waals surface area (Å²) in [5.74, 6) is -0.0337. The number of nitrogens with one attached hydrogen (secondary N) is 1. The Kier molecular flexibility index (Phi) is 2.93. The summed E-state index contributed by atoms with van der Waals surface area (Å²) in [5, 5.41) is 6.69. The van der Waals surface area contributed by atoms with Crippen LogP contribution in [0.15, 0.2) is 12.4 Å². The van der Waals surface area contributed by atoms with Crippen molar-refractivity contribution in [3.05, 3.63) is 18.0 Å². The van der Waals surface area contributed by atoms with E-state index in [-0.39, 0.29) is 17.9 Å². The van der Waals surface area contributed by atoms with E-state index in [2.05, 4.69) is 31.2 Å². The van der Waals surface area contributed by atoms with Crippen molar-refractivity contribution in [1.29, 1.82) is 0 Å². The molecule has 1 amide bonds. The third-order valence-electron chi connectivity index (χ3n) is 2.08. The van der Waals surface area contributed by atoms with Gasteiger partial charge in [-0.3, -0.25) is 9.48 Å². The minimum Gasteiger partial charge on any atom is -0.358 e. The molecule has 0 aliphatic rings. The van der Waals surface area contributed by atoms with E-state index in [1.165, 1.54) is 0 Å². The predicted octanol–water partition coefficient (Wildman–Crippen LogP) is 0.927. The van der Waals surface area contributed by atoms with E-state index in [0.717, 1.165) is 5.56 Å². The predicted molar refractivity (Wildman–Crippen MR) is 55.0 cm³/mol. The van der Waals surface area contributed by atoms with Gasteiger partial charge < -0.3 is 5.32 Å². The van der Waals surface area contributed by atoms with Crippen LogP contribution in [0.5, 0.6) is 0 Å². The van der Waals surface area contributed by atoms with Crippen molar-refractivity contribution in [1.82, 2.24) is 15.1 Å². The molecule has 0 fully saturated rings. The largest absolute Gasteiger partial charge is 0.358 e. The van der Waals surface area contributed by atoms with Crippen molar-refractivity contribution < 1.29 is 4.79 Å². The fourth-order valence-electron chi connectivity index (χ4n) is 1.06. The van der Waals surface area contributed by atoms with Crippen LogP contribution in [0.2, 0.25) is 0 Å². The fraction of sp³-hybridized carbons (Fsp3) is 0.600. The van der Waals surface area contributed by atoms with Crippen LogP contribution in [0.4, 0.5) is 0 Å². The molecule has 1 rings (SSSR count). The van der Waals surface area contributed by atoms with Crippen molar-refractivity contribution in [3.8, 4) is 0 Å². The maximum atomic E-state index is 11.1. The maximum Gasteiger partial charge on any atom is 0.241 e. The molecule has 1 N–H and O–H groups in total. The quantitative estimate of drug-likeness (QED) is 0.763. The molecule has 0 atom stereocenters. The van der Waals surface area contributed by atoms with Gasteiger partial charge in [0.2, 0.25) is 5.91 Å². The van der Waals surface area contributed by atoms with Crippen molar-refractivity contribution in [2.45, 2.75) is 32.7 Å². The molecular weight excluding hydrogens is 178 g/mol. The van der Waals surface area contributed by atoms with Crippen molar-refractivity contribution in [2.75, 3.05) is 7.05 Å². The monoisotopic (exact) mass is 195 g/mol. The lowest BCUT2D eigenvalue weighted by molar-refractivity contribution is -0.121. The van der Waals surface area contributed by atoms with Gasteiger partial charge in [0.15, 0.2) is 0 Å². The topological polar surface area (TPSA) is 46.9 Å². The Hall–Kier alpha value is -1.32. The van der Waals surface area contributed by atoms with Crippen molar-refractivity contribution >= 4 is 5.91 Å². The van der Waals surface area contributed by atoms with Gasteiger partial charge in [0.1, 0.15) is 6.54 Å². The number of carbonyl (C=O) groups excluding carboxylic acids is 1. The zero-order valence-corrected chi connectivity index (χ0v) is 9.16. The van der Waals surface area contributed by atoms with Crippen molar-refractivity contribution in [2.24, 2.45) is 0 Å². The Bertz CT molecular complexity index is 322. The molecule has 0 saturated heterocycles. The second kappa shape index (κ2) is 3.82. The third-order valence-corrected chi connectivity index (χ3v) is 2.08. The summed E-state index contributed by atoms with van der Waals surface area (Å²) in [4.78, 5) is 11.1. The highest BCUT2D eigenvalue weighted by Crippen LogP contribution is 2.20. The van der Waals surface area contributed by atoms with Crippen LogP contribution < -0.4 is 5.32 Å². The Balaban J connectivity index is 2.74. The first-order valence-corrected chi connectivity index (χ1v) is 4.67. The normalized spacial score (nSPS) is 11.4. The minimum absolute atomic E-state index is 0.0337. The standard InChI is InChI=1S/C10H17N3O/c1-10(2,3)8-5-12-13(6-8)7-9(14)11-4/h5-6H,7H2,1-4H3,(H,11,14). The van der Waals surface area contributed by atoms with E-state index in [9.17, 15) is 4.79 Å². The van der Waals surface area contributed by atoms with Crippen LogP contribution in [0.25, 0.3) is 0 Å². The van der Waals surface area contributed by atoms with E-state index in [4.69, 9.17) is 0 Å². The van der Waals surface area contributed by atoms with Gasteiger partial charge in [-0.05, 0) is 11.0 Å². The molecule has 0 saturated carbocycles. The fourth-order valence-corrected chi connectivity index (χ4v) is 1.06. The lowest BCUT2D eigenvalue weighted by atomic mass is 9.90. The number of rotatable bonds is 2. The first-order chi connectivity index (χ1) is 6.43. The molecule has 0 unspecified atom stereocenters. The molecule has 0 bridgehead atoms. The first-order valence-electron chi connectivity index (χ1n) is 4.67. The van der Waals surface area contributed by atoms with Gasteiger partial charge in [0.05, 0.1) is 6.20 Å². The second-order valence-electron chi connectivity index (χ2n) is 4.35. The molecule has 4 nitrogen and oxygen atoms in total.